The highest BCUT2D eigenvalue weighted by Gasteiger charge is 2.27. The van der Waals surface area contributed by atoms with Crippen molar-refractivity contribution in [2.45, 2.75) is 26.8 Å². The van der Waals surface area contributed by atoms with Crippen molar-refractivity contribution in [1.82, 2.24) is 0 Å². The molecule has 1 aliphatic heterocycles. The van der Waals surface area contributed by atoms with E-state index in [9.17, 15) is 4.79 Å². The molecule has 0 aromatic heterocycles. The minimum absolute atomic E-state index is 0.120. The summed E-state index contributed by atoms with van der Waals surface area (Å²) in [5.41, 5.74) is 4.42. The zero-order valence-electron chi connectivity index (χ0n) is 9.59. The normalized spacial score (nSPS) is 19.9. The van der Waals surface area contributed by atoms with E-state index in [1.807, 2.05) is 20.9 Å². The third kappa shape index (κ3) is 1.48. The van der Waals surface area contributed by atoms with Gasteiger partial charge in [0.25, 0.3) is 0 Å². The van der Waals surface area contributed by atoms with E-state index in [2.05, 4.69) is 24.4 Å². The Morgan fingerprint density at radius 2 is 2.00 bits per heavy atom. The average molecular weight is 204 g/mol. The van der Waals surface area contributed by atoms with Crippen molar-refractivity contribution >= 4 is 17.3 Å². The quantitative estimate of drug-likeness (QED) is 0.701. The van der Waals surface area contributed by atoms with Gasteiger partial charge in [-0.05, 0) is 38.0 Å². The summed E-state index contributed by atoms with van der Waals surface area (Å²) < 4.78 is 0. The fraction of sp³-hybridized carbons (Fsp3) is 0.417. The zero-order chi connectivity index (χ0) is 11.2. The Hall–Kier alpha value is -1.51. The van der Waals surface area contributed by atoms with Gasteiger partial charge in [0.1, 0.15) is 6.04 Å². The second kappa shape index (κ2) is 3.26. The van der Waals surface area contributed by atoms with Gasteiger partial charge in [-0.1, -0.05) is 6.07 Å². The van der Waals surface area contributed by atoms with Gasteiger partial charge in [0.15, 0.2) is 0 Å². The molecular weight excluding hydrogens is 188 g/mol. The van der Waals surface area contributed by atoms with E-state index < -0.39 is 0 Å². The van der Waals surface area contributed by atoms with E-state index in [1.165, 1.54) is 5.56 Å². The maximum absolute atomic E-state index is 11.8. The first-order chi connectivity index (χ1) is 7.00. The molecule has 15 heavy (non-hydrogen) atoms. The molecule has 1 unspecified atom stereocenters. The number of hydrogen-bond acceptors (Lipinski definition) is 2. The van der Waals surface area contributed by atoms with Gasteiger partial charge >= 0.3 is 0 Å². The zero-order valence-corrected chi connectivity index (χ0v) is 9.59. The van der Waals surface area contributed by atoms with Crippen LogP contribution in [0.15, 0.2) is 12.1 Å². The van der Waals surface area contributed by atoms with Crippen molar-refractivity contribution in [3.8, 4) is 0 Å². The lowest BCUT2D eigenvalue weighted by Crippen LogP contribution is -2.43. The van der Waals surface area contributed by atoms with Crippen molar-refractivity contribution in [1.29, 1.82) is 0 Å². The van der Waals surface area contributed by atoms with Gasteiger partial charge < -0.3 is 10.2 Å². The summed E-state index contributed by atoms with van der Waals surface area (Å²) in [4.78, 5) is 13.5. The maximum Gasteiger partial charge on any atom is 0.248 e. The molecule has 80 valence electrons. The van der Waals surface area contributed by atoms with Crippen LogP contribution in [0.1, 0.15) is 18.1 Å². The predicted molar refractivity (Wildman–Crippen MR) is 62.4 cm³/mol. The number of nitrogens with zero attached hydrogens (tertiary/aromatic N) is 1. The molecule has 0 bridgehead atoms. The first-order valence-electron chi connectivity index (χ1n) is 5.16. The van der Waals surface area contributed by atoms with Crippen LogP contribution in [0, 0.1) is 13.8 Å². The number of rotatable bonds is 0. The molecule has 3 heteroatoms. The van der Waals surface area contributed by atoms with Gasteiger partial charge in [-0.3, -0.25) is 4.79 Å². The van der Waals surface area contributed by atoms with Crippen LogP contribution in [0.4, 0.5) is 11.4 Å². The first-order valence-corrected chi connectivity index (χ1v) is 5.16. The standard InChI is InChI=1S/C12H16N2O/c1-7-5-8(2)11-10(6-7)13-9(3)12(15)14(11)4/h5-6,9,13H,1-4H3. The van der Waals surface area contributed by atoms with Gasteiger partial charge in [-0.15, -0.1) is 0 Å². The molecule has 1 aromatic carbocycles. The highest BCUT2D eigenvalue weighted by Crippen LogP contribution is 2.34. The van der Waals surface area contributed by atoms with Crippen molar-refractivity contribution in [3.05, 3.63) is 23.3 Å². The van der Waals surface area contributed by atoms with Crippen molar-refractivity contribution in [3.63, 3.8) is 0 Å². The lowest BCUT2D eigenvalue weighted by atomic mass is 10.0. The van der Waals surface area contributed by atoms with Crippen LogP contribution < -0.4 is 10.2 Å². The molecule has 1 aliphatic rings. The number of fused-ring (bicyclic) bond motifs is 1. The molecule has 1 atom stereocenters. The second-order valence-electron chi connectivity index (χ2n) is 4.24. The Balaban J connectivity index is 2.60. The van der Waals surface area contributed by atoms with Gasteiger partial charge in [-0.25, -0.2) is 0 Å². The highest BCUT2D eigenvalue weighted by atomic mass is 16.2. The van der Waals surface area contributed by atoms with E-state index in [4.69, 9.17) is 0 Å². The van der Waals surface area contributed by atoms with Crippen LogP contribution in [-0.4, -0.2) is 19.0 Å². The molecule has 1 heterocycles. The lowest BCUT2D eigenvalue weighted by molar-refractivity contribution is -0.118. The van der Waals surface area contributed by atoms with Gasteiger partial charge in [0.05, 0.1) is 11.4 Å². The number of carbonyl (C=O) groups excluding carboxylic acids is 1. The van der Waals surface area contributed by atoms with E-state index in [0.29, 0.717) is 0 Å². The third-order valence-corrected chi connectivity index (χ3v) is 2.85. The molecule has 0 radical (unpaired) electrons. The third-order valence-electron chi connectivity index (χ3n) is 2.85. The Kier molecular flexibility index (Phi) is 2.18. The Morgan fingerprint density at radius 1 is 1.33 bits per heavy atom. The first kappa shape index (κ1) is 10.0. The monoisotopic (exact) mass is 204 g/mol. The van der Waals surface area contributed by atoms with Crippen molar-refractivity contribution in [2.75, 3.05) is 17.3 Å². The summed E-state index contributed by atoms with van der Waals surface area (Å²) in [7, 11) is 1.83. The topological polar surface area (TPSA) is 32.3 Å². The molecule has 2 rings (SSSR count). The smallest absolute Gasteiger partial charge is 0.248 e. The van der Waals surface area contributed by atoms with Crippen molar-refractivity contribution in [2.24, 2.45) is 0 Å². The second-order valence-corrected chi connectivity index (χ2v) is 4.24. The Bertz CT molecular complexity index is 426. The predicted octanol–water partition coefficient (Wildman–Crippen LogP) is 2.08. The molecule has 1 N–H and O–H groups in total. The molecule has 0 fully saturated rings. The minimum atomic E-state index is -0.135. The van der Waals surface area contributed by atoms with Crippen LogP contribution >= 0.6 is 0 Å². The number of anilines is 2. The SMILES string of the molecule is Cc1cc(C)c2c(c1)NC(C)C(=O)N2C. The summed E-state index contributed by atoms with van der Waals surface area (Å²) in [6, 6.07) is 4.05. The largest absolute Gasteiger partial charge is 0.372 e. The number of benzene rings is 1. The molecule has 3 nitrogen and oxygen atoms in total. The molecule has 0 saturated heterocycles. The van der Waals surface area contributed by atoms with E-state index >= 15 is 0 Å². The number of aryl methyl sites for hydroxylation is 2. The van der Waals surface area contributed by atoms with Gasteiger partial charge in [0.2, 0.25) is 5.91 Å². The highest BCUT2D eigenvalue weighted by molar-refractivity contribution is 6.05. The van der Waals surface area contributed by atoms with E-state index in [0.717, 1.165) is 16.9 Å². The number of nitrogens with one attached hydrogen (secondary N) is 1. The summed E-state index contributed by atoms with van der Waals surface area (Å²) in [6.07, 6.45) is 0. The number of amides is 1. The minimum Gasteiger partial charge on any atom is -0.372 e. The van der Waals surface area contributed by atoms with Gasteiger partial charge in [0, 0.05) is 7.05 Å². The molecule has 1 aromatic rings. The van der Waals surface area contributed by atoms with Crippen LogP contribution in [0.25, 0.3) is 0 Å². The summed E-state index contributed by atoms with van der Waals surface area (Å²) in [6.45, 7) is 5.99. The molecule has 0 spiro atoms. The van der Waals surface area contributed by atoms with Crippen LogP contribution in [0.2, 0.25) is 0 Å². The van der Waals surface area contributed by atoms with Gasteiger partial charge in [-0.2, -0.15) is 0 Å². The van der Waals surface area contributed by atoms with E-state index in [1.54, 1.807) is 4.90 Å². The fourth-order valence-corrected chi connectivity index (χ4v) is 2.21. The number of likely N-dealkylation sites (N-methyl/N-ethyl adjacent to an activating group) is 1. The number of hydrogen-bond donors (Lipinski definition) is 1. The lowest BCUT2D eigenvalue weighted by Gasteiger charge is -2.32. The molecular formula is C12H16N2O. The maximum atomic E-state index is 11.8. The molecule has 0 saturated carbocycles. The fourth-order valence-electron chi connectivity index (χ4n) is 2.21. The Labute approximate surface area is 90.1 Å². The summed E-state index contributed by atoms with van der Waals surface area (Å²) in [5.74, 6) is 0.120. The molecule has 0 aliphatic carbocycles. The molecule has 1 amide bonds. The van der Waals surface area contributed by atoms with Crippen LogP contribution in [-0.2, 0) is 4.79 Å². The number of carbonyl (C=O) groups is 1. The summed E-state index contributed by atoms with van der Waals surface area (Å²) >= 11 is 0. The van der Waals surface area contributed by atoms with Crippen LogP contribution in [0.5, 0.6) is 0 Å². The summed E-state index contributed by atoms with van der Waals surface area (Å²) in [5, 5.41) is 3.23. The van der Waals surface area contributed by atoms with Crippen molar-refractivity contribution < 1.29 is 4.79 Å². The van der Waals surface area contributed by atoms with E-state index in [-0.39, 0.29) is 11.9 Å². The average Bonchev–Trinajstić information content (AvgIpc) is 2.13. The van der Waals surface area contributed by atoms with Crippen LogP contribution in [0.3, 0.4) is 0 Å². The Morgan fingerprint density at radius 3 is 2.67 bits per heavy atom.